The van der Waals surface area contributed by atoms with Gasteiger partial charge in [-0.05, 0) is 37.3 Å². The fourth-order valence-electron chi connectivity index (χ4n) is 2.94. The van der Waals surface area contributed by atoms with Crippen molar-refractivity contribution < 1.29 is 0 Å². The van der Waals surface area contributed by atoms with E-state index in [-0.39, 0.29) is 0 Å². The number of anilines is 1. The molecule has 0 bridgehead atoms. The fraction of sp³-hybridized carbons (Fsp3) is 0.706. The molecule has 1 saturated heterocycles. The molecule has 3 heteroatoms. The van der Waals surface area contributed by atoms with Gasteiger partial charge in [0.2, 0.25) is 0 Å². The van der Waals surface area contributed by atoms with Gasteiger partial charge in [-0.2, -0.15) is 0 Å². The molecule has 1 aliphatic rings. The SMILES string of the molecule is CCC1CCN(c2ccncc2CNCC(C)C)CC1. The average molecular weight is 275 g/mol. The molecule has 20 heavy (non-hydrogen) atoms. The molecule has 0 aliphatic carbocycles. The van der Waals surface area contributed by atoms with Gasteiger partial charge >= 0.3 is 0 Å². The Labute approximate surface area is 123 Å². The van der Waals surface area contributed by atoms with Gasteiger partial charge in [-0.1, -0.05) is 27.2 Å². The average Bonchev–Trinajstić information content (AvgIpc) is 2.47. The summed E-state index contributed by atoms with van der Waals surface area (Å²) in [6.07, 6.45) is 7.93. The highest BCUT2D eigenvalue weighted by molar-refractivity contribution is 5.52. The molecule has 0 amide bonds. The van der Waals surface area contributed by atoms with Crippen molar-refractivity contribution >= 4 is 5.69 Å². The van der Waals surface area contributed by atoms with E-state index in [0.717, 1.165) is 19.0 Å². The zero-order valence-corrected chi connectivity index (χ0v) is 13.2. The number of hydrogen-bond acceptors (Lipinski definition) is 3. The van der Waals surface area contributed by atoms with E-state index in [0.29, 0.717) is 5.92 Å². The van der Waals surface area contributed by atoms with Crippen LogP contribution in [0.1, 0.15) is 45.6 Å². The van der Waals surface area contributed by atoms with Gasteiger partial charge in [0.15, 0.2) is 0 Å². The third kappa shape index (κ3) is 4.20. The van der Waals surface area contributed by atoms with Crippen LogP contribution in [0.2, 0.25) is 0 Å². The fourth-order valence-corrected chi connectivity index (χ4v) is 2.94. The summed E-state index contributed by atoms with van der Waals surface area (Å²) in [4.78, 5) is 6.84. The Morgan fingerprint density at radius 2 is 2.10 bits per heavy atom. The predicted molar refractivity (Wildman–Crippen MR) is 86.0 cm³/mol. The van der Waals surface area contributed by atoms with E-state index in [9.17, 15) is 0 Å². The summed E-state index contributed by atoms with van der Waals surface area (Å²) < 4.78 is 0. The second kappa shape index (κ2) is 7.63. The van der Waals surface area contributed by atoms with Crippen LogP contribution in [0.3, 0.4) is 0 Å². The van der Waals surface area contributed by atoms with Crippen LogP contribution in [-0.2, 0) is 6.54 Å². The number of piperidine rings is 1. The Kier molecular flexibility index (Phi) is 5.84. The monoisotopic (exact) mass is 275 g/mol. The number of aromatic nitrogens is 1. The van der Waals surface area contributed by atoms with Crippen molar-refractivity contribution in [1.82, 2.24) is 10.3 Å². The predicted octanol–water partition coefficient (Wildman–Crippen LogP) is 3.45. The van der Waals surface area contributed by atoms with Crippen molar-refractivity contribution in [1.29, 1.82) is 0 Å². The van der Waals surface area contributed by atoms with E-state index in [1.807, 2.05) is 12.4 Å². The van der Waals surface area contributed by atoms with Crippen molar-refractivity contribution in [2.45, 2.75) is 46.6 Å². The minimum absolute atomic E-state index is 0.690. The van der Waals surface area contributed by atoms with E-state index in [1.165, 1.54) is 43.6 Å². The first kappa shape index (κ1) is 15.3. The third-order valence-corrected chi connectivity index (χ3v) is 4.28. The third-order valence-electron chi connectivity index (χ3n) is 4.28. The zero-order chi connectivity index (χ0) is 14.4. The summed E-state index contributed by atoms with van der Waals surface area (Å²) in [5.74, 6) is 1.62. The first-order valence-corrected chi connectivity index (χ1v) is 8.09. The van der Waals surface area contributed by atoms with Crippen molar-refractivity contribution in [3.63, 3.8) is 0 Å². The number of nitrogens with zero attached hydrogens (tertiary/aromatic N) is 2. The van der Waals surface area contributed by atoms with E-state index in [2.05, 4.69) is 42.0 Å². The van der Waals surface area contributed by atoms with Crippen LogP contribution in [0, 0.1) is 11.8 Å². The first-order chi connectivity index (χ1) is 9.70. The molecule has 1 N–H and O–H groups in total. The van der Waals surface area contributed by atoms with Crippen molar-refractivity contribution in [2.75, 3.05) is 24.5 Å². The van der Waals surface area contributed by atoms with Gasteiger partial charge in [0.05, 0.1) is 0 Å². The van der Waals surface area contributed by atoms with E-state index in [4.69, 9.17) is 0 Å². The van der Waals surface area contributed by atoms with Crippen LogP contribution >= 0.6 is 0 Å². The lowest BCUT2D eigenvalue weighted by atomic mass is 9.94. The Morgan fingerprint density at radius 1 is 1.35 bits per heavy atom. The van der Waals surface area contributed by atoms with Crippen LogP contribution in [-0.4, -0.2) is 24.6 Å². The maximum atomic E-state index is 4.30. The Morgan fingerprint density at radius 3 is 2.75 bits per heavy atom. The first-order valence-electron chi connectivity index (χ1n) is 8.09. The lowest BCUT2D eigenvalue weighted by molar-refractivity contribution is 0.394. The minimum Gasteiger partial charge on any atom is -0.371 e. The Balaban J connectivity index is 1.97. The highest BCUT2D eigenvalue weighted by Gasteiger charge is 2.19. The van der Waals surface area contributed by atoms with Gasteiger partial charge in [-0.3, -0.25) is 4.98 Å². The topological polar surface area (TPSA) is 28.2 Å². The highest BCUT2D eigenvalue weighted by Crippen LogP contribution is 2.27. The van der Waals surface area contributed by atoms with Crippen LogP contribution in [0.4, 0.5) is 5.69 Å². The molecule has 1 aliphatic heterocycles. The number of pyridine rings is 1. The smallest absolute Gasteiger partial charge is 0.0442 e. The molecule has 3 nitrogen and oxygen atoms in total. The van der Waals surface area contributed by atoms with Crippen molar-refractivity contribution in [2.24, 2.45) is 11.8 Å². The molecule has 0 radical (unpaired) electrons. The second-order valence-electron chi connectivity index (χ2n) is 6.37. The highest BCUT2D eigenvalue weighted by atomic mass is 15.1. The molecule has 1 aromatic rings. The lowest BCUT2D eigenvalue weighted by Gasteiger charge is -2.34. The molecular formula is C17H29N3. The molecule has 112 valence electrons. The molecule has 0 atom stereocenters. The molecule has 1 fully saturated rings. The van der Waals surface area contributed by atoms with Crippen molar-refractivity contribution in [3.05, 3.63) is 24.0 Å². The molecule has 0 saturated carbocycles. The van der Waals surface area contributed by atoms with Gasteiger partial charge in [0, 0.05) is 43.3 Å². The summed E-state index contributed by atoms with van der Waals surface area (Å²) >= 11 is 0. The van der Waals surface area contributed by atoms with Gasteiger partial charge in [0.1, 0.15) is 0 Å². The maximum absolute atomic E-state index is 4.30. The quantitative estimate of drug-likeness (QED) is 0.862. The Hall–Kier alpha value is -1.09. The number of rotatable bonds is 6. The Bertz CT molecular complexity index is 395. The van der Waals surface area contributed by atoms with Gasteiger partial charge in [0.25, 0.3) is 0 Å². The van der Waals surface area contributed by atoms with Crippen LogP contribution < -0.4 is 10.2 Å². The maximum Gasteiger partial charge on any atom is 0.0442 e. The second-order valence-corrected chi connectivity index (χ2v) is 6.37. The molecule has 1 aromatic heterocycles. The molecule has 0 spiro atoms. The molecule has 0 aromatic carbocycles. The largest absolute Gasteiger partial charge is 0.371 e. The number of hydrogen-bond donors (Lipinski definition) is 1. The van der Waals surface area contributed by atoms with Crippen LogP contribution in [0.15, 0.2) is 18.5 Å². The zero-order valence-electron chi connectivity index (χ0n) is 13.2. The standard InChI is InChI=1S/C17H29N3/c1-4-15-6-9-20(10-7-15)17-5-8-18-12-16(17)13-19-11-14(2)3/h5,8,12,14-15,19H,4,6-7,9-11,13H2,1-3H3. The van der Waals surface area contributed by atoms with E-state index >= 15 is 0 Å². The van der Waals surface area contributed by atoms with Crippen LogP contribution in [0.5, 0.6) is 0 Å². The van der Waals surface area contributed by atoms with Crippen molar-refractivity contribution in [3.8, 4) is 0 Å². The lowest BCUT2D eigenvalue weighted by Crippen LogP contribution is -2.34. The minimum atomic E-state index is 0.690. The van der Waals surface area contributed by atoms with Gasteiger partial charge < -0.3 is 10.2 Å². The normalized spacial score (nSPS) is 16.9. The van der Waals surface area contributed by atoms with Gasteiger partial charge in [-0.25, -0.2) is 0 Å². The summed E-state index contributed by atoms with van der Waals surface area (Å²) in [7, 11) is 0. The van der Waals surface area contributed by atoms with Gasteiger partial charge in [-0.15, -0.1) is 0 Å². The summed E-state index contributed by atoms with van der Waals surface area (Å²) in [6, 6.07) is 2.18. The van der Waals surface area contributed by atoms with E-state index < -0.39 is 0 Å². The summed E-state index contributed by atoms with van der Waals surface area (Å²) in [6.45, 7) is 11.2. The molecule has 0 unspecified atom stereocenters. The number of nitrogens with one attached hydrogen (secondary N) is 1. The van der Waals surface area contributed by atoms with Crippen LogP contribution in [0.25, 0.3) is 0 Å². The summed E-state index contributed by atoms with van der Waals surface area (Å²) in [5.41, 5.74) is 2.72. The molecular weight excluding hydrogens is 246 g/mol. The van der Waals surface area contributed by atoms with E-state index in [1.54, 1.807) is 0 Å². The molecule has 2 heterocycles. The molecule has 2 rings (SSSR count). The summed E-state index contributed by atoms with van der Waals surface area (Å²) in [5, 5.41) is 3.53.